The van der Waals surface area contributed by atoms with Crippen molar-refractivity contribution in [1.82, 2.24) is 10.2 Å². The second kappa shape index (κ2) is 10.3. The lowest BCUT2D eigenvalue weighted by Gasteiger charge is -2.30. The number of likely N-dealkylation sites (tertiary alicyclic amines) is 1. The summed E-state index contributed by atoms with van der Waals surface area (Å²) in [6, 6.07) is 3.77. The Morgan fingerprint density at radius 2 is 1.95 bits per heavy atom. The molecule has 0 saturated carbocycles. The minimum Gasteiger partial charge on any atom is -0.467 e. The average molecular weight is 575 g/mol. The zero-order valence-electron chi connectivity index (χ0n) is 22.1. The Morgan fingerprint density at radius 1 is 1.20 bits per heavy atom. The lowest BCUT2D eigenvalue weighted by atomic mass is 9.79. The van der Waals surface area contributed by atoms with Gasteiger partial charge in [-0.3, -0.25) is 14.4 Å². The molecule has 3 unspecified atom stereocenters. The predicted octanol–water partition coefficient (Wildman–Crippen LogP) is 3.15. The number of rotatable bonds is 6. The SMILES string of the molecule is COC(=O)C1C[C@@]2(CN1C(=O)C(CC(C)C)NC(=O)C1Cc3c(F)cc(F)cc3N1)C(=O)Nc1ccc(Cl)cc12. The second-order valence-corrected chi connectivity index (χ2v) is 11.4. The molecule has 1 fully saturated rings. The monoisotopic (exact) mass is 574 g/mol. The minimum absolute atomic E-state index is 0.0166. The molecule has 3 aliphatic heterocycles. The van der Waals surface area contributed by atoms with Gasteiger partial charge >= 0.3 is 5.97 Å². The van der Waals surface area contributed by atoms with Crippen molar-refractivity contribution < 1.29 is 32.7 Å². The van der Waals surface area contributed by atoms with Crippen LogP contribution in [0.2, 0.25) is 5.02 Å². The van der Waals surface area contributed by atoms with Gasteiger partial charge in [0.2, 0.25) is 17.7 Å². The third-order valence-corrected chi connectivity index (χ3v) is 8.07. The van der Waals surface area contributed by atoms with Gasteiger partial charge in [-0.2, -0.15) is 0 Å². The van der Waals surface area contributed by atoms with Crippen LogP contribution in [0.5, 0.6) is 0 Å². The van der Waals surface area contributed by atoms with E-state index in [2.05, 4.69) is 16.0 Å². The fraction of sp³-hybridized carbons (Fsp3) is 0.429. The number of anilines is 2. The zero-order chi connectivity index (χ0) is 28.9. The van der Waals surface area contributed by atoms with Gasteiger partial charge in [0.25, 0.3) is 0 Å². The fourth-order valence-electron chi connectivity index (χ4n) is 5.94. The van der Waals surface area contributed by atoms with Crippen molar-refractivity contribution in [2.24, 2.45) is 5.92 Å². The Balaban J connectivity index is 1.41. The molecule has 5 rings (SSSR count). The number of ether oxygens (including phenoxy) is 1. The quantitative estimate of drug-likeness (QED) is 0.457. The Morgan fingerprint density at radius 3 is 2.65 bits per heavy atom. The fourth-order valence-corrected chi connectivity index (χ4v) is 6.11. The van der Waals surface area contributed by atoms with E-state index in [0.29, 0.717) is 16.3 Å². The van der Waals surface area contributed by atoms with Crippen molar-refractivity contribution in [1.29, 1.82) is 0 Å². The van der Waals surface area contributed by atoms with Gasteiger partial charge in [0, 0.05) is 41.0 Å². The number of nitrogens with zero attached hydrogens (tertiary/aromatic N) is 1. The summed E-state index contributed by atoms with van der Waals surface area (Å²) in [5.41, 5.74) is 0.277. The van der Waals surface area contributed by atoms with E-state index in [9.17, 15) is 28.0 Å². The van der Waals surface area contributed by atoms with E-state index in [1.165, 1.54) is 12.0 Å². The number of halogens is 3. The van der Waals surface area contributed by atoms with Crippen LogP contribution in [0.4, 0.5) is 20.2 Å². The summed E-state index contributed by atoms with van der Waals surface area (Å²) in [7, 11) is 1.20. The van der Waals surface area contributed by atoms with Crippen LogP contribution >= 0.6 is 11.6 Å². The van der Waals surface area contributed by atoms with Gasteiger partial charge in [0.1, 0.15) is 29.8 Å². The molecule has 0 bridgehead atoms. The summed E-state index contributed by atoms with van der Waals surface area (Å²) in [6.07, 6.45) is 0.196. The predicted molar refractivity (Wildman–Crippen MR) is 143 cm³/mol. The number of nitrogens with one attached hydrogen (secondary N) is 3. The highest BCUT2D eigenvalue weighted by molar-refractivity contribution is 6.31. The van der Waals surface area contributed by atoms with Crippen molar-refractivity contribution in [2.45, 2.75) is 56.7 Å². The zero-order valence-corrected chi connectivity index (χ0v) is 22.9. The van der Waals surface area contributed by atoms with Crippen LogP contribution in [-0.2, 0) is 35.8 Å². The van der Waals surface area contributed by atoms with Crippen molar-refractivity contribution in [3.8, 4) is 0 Å². The van der Waals surface area contributed by atoms with Gasteiger partial charge in [-0.25, -0.2) is 13.6 Å². The molecule has 0 radical (unpaired) electrons. The van der Waals surface area contributed by atoms with Crippen molar-refractivity contribution in [3.63, 3.8) is 0 Å². The third kappa shape index (κ3) is 4.76. The smallest absolute Gasteiger partial charge is 0.328 e. The molecular weight excluding hydrogens is 546 g/mol. The molecule has 12 heteroatoms. The normalized spacial score (nSPS) is 23.5. The molecular formula is C28H29ClF2N4O5. The molecule has 3 N–H and O–H groups in total. The highest BCUT2D eigenvalue weighted by Gasteiger charge is 2.58. The van der Waals surface area contributed by atoms with E-state index < -0.39 is 53.0 Å². The van der Waals surface area contributed by atoms with Crippen LogP contribution < -0.4 is 16.0 Å². The maximum atomic E-state index is 14.3. The van der Waals surface area contributed by atoms with Crippen LogP contribution in [0.15, 0.2) is 30.3 Å². The molecule has 3 aliphatic rings. The number of hydrogen-bond donors (Lipinski definition) is 3. The Labute approximate surface area is 234 Å². The van der Waals surface area contributed by atoms with Gasteiger partial charge in [0.15, 0.2) is 0 Å². The van der Waals surface area contributed by atoms with Crippen molar-refractivity contribution >= 4 is 46.7 Å². The average Bonchev–Trinajstić information content (AvgIpc) is 3.58. The van der Waals surface area contributed by atoms with E-state index in [1.807, 2.05) is 13.8 Å². The molecule has 4 atom stereocenters. The Kier molecular flexibility index (Phi) is 7.20. The van der Waals surface area contributed by atoms with E-state index in [0.717, 1.165) is 12.1 Å². The molecule has 212 valence electrons. The number of hydrogen-bond acceptors (Lipinski definition) is 6. The van der Waals surface area contributed by atoms with Crippen molar-refractivity contribution in [3.05, 3.63) is 58.1 Å². The maximum Gasteiger partial charge on any atom is 0.328 e. The van der Waals surface area contributed by atoms with Gasteiger partial charge < -0.3 is 25.6 Å². The Hall–Kier alpha value is -3.73. The molecule has 1 spiro atoms. The highest BCUT2D eigenvalue weighted by Crippen LogP contribution is 2.47. The standard InChI is InChI=1S/C28H29ClF2N4O5/c1-13(2)6-22(33-24(36)21-10-16-18(31)8-15(30)9-20(16)32-21)25(37)35-12-28(11-23(35)26(38)40-3)17-7-14(29)4-5-19(17)34-27(28)39/h4-5,7-9,13,21-23,32H,6,10-12H2,1-3H3,(H,33,36)(H,34,39)/t21?,22?,23?,28-/m0/s1. The summed E-state index contributed by atoms with van der Waals surface area (Å²) in [6.45, 7) is 3.63. The van der Waals surface area contributed by atoms with E-state index in [-0.39, 0.29) is 48.9 Å². The second-order valence-electron chi connectivity index (χ2n) is 10.9. The van der Waals surface area contributed by atoms with Gasteiger partial charge in [-0.05, 0) is 48.6 Å². The first-order valence-electron chi connectivity index (χ1n) is 13.0. The van der Waals surface area contributed by atoms with Crippen molar-refractivity contribution in [2.75, 3.05) is 24.3 Å². The molecule has 0 aliphatic carbocycles. The number of amides is 3. The first kappa shape index (κ1) is 27.8. The van der Waals surface area contributed by atoms with Gasteiger partial charge in [-0.1, -0.05) is 25.4 Å². The number of carbonyl (C=O) groups is 4. The van der Waals surface area contributed by atoms with E-state index in [1.54, 1.807) is 18.2 Å². The molecule has 0 aromatic heterocycles. The van der Waals surface area contributed by atoms with Gasteiger partial charge in [0.05, 0.1) is 12.5 Å². The third-order valence-electron chi connectivity index (χ3n) is 7.83. The summed E-state index contributed by atoms with van der Waals surface area (Å²) >= 11 is 6.23. The largest absolute Gasteiger partial charge is 0.467 e. The number of esters is 1. The maximum absolute atomic E-state index is 14.3. The summed E-state index contributed by atoms with van der Waals surface area (Å²) in [5, 5.41) is 8.80. The minimum atomic E-state index is -1.22. The highest BCUT2D eigenvalue weighted by atomic mass is 35.5. The number of methoxy groups -OCH3 is 1. The van der Waals surface area contributed by atoms with Crippen LogP contribution in [-0.4, -0.2) is 60.4 Å². The van der Waals surface area contributed by atoms with Crippen LogP contribution in [0.25, 0.3) is 0 Å². The van der Waals surface area contributed by atoms with Gasteiger partial charge in [-0.15, -0.1) is 0 Å². The molecule has 9 nitrogen and oxygen atoms in total. The lowest BCUT2D eigenvalue weighted by molar-refractivity contribution is -0.152. The molecule has 3 amide bonds. The van der Waals surface area contributed by atoms with E-state index >= 15 is 0 Å². The first-order chi connectivity index (χ1) is 18.9. The summed E-state index contributed by atoms with van der Waals surface area (Å²) in [5.74, 6) is -3.73. The van der Waals surface area contributed by atoms with Crippen LogP contribution in [0.3, 0.4) is 0 Å². The first-order valence-corrected chi connectivity index (χ1v) is 13.4. The molecule has 2 aromatic carbocycles. The van der Waals surface area contributed by atoms with Crippen LogP contribution in [0.1, 0.15) is 37.8 Å². The number of benzene rings is 2. The lowest BCUT2D eigenvalue weighted by Crippen LogP contribution is -2.55. The molecule has 1 saturated heterocycles. The van der Waals surface area contributed by atoms with E-state index in [4.69, 9.17) is 16.3 Å². The molecule has 3 heterocycles. The topological polar surface area (TPSA) is 117 Å². The Bertz CT molecular complexity index is 1420. The van der Waals surface area contributed by atoms with Crippen LogP contribution in [0, 0.1) is 17.6 Å². The summed E-state index contributed by atoms with van der Waals surface area (Å²) in [4.78, 5) is 54.7. The summed E-state index contributed by atoms with van der Waals surface area (Å²) < 4.78 is 32.9. The molecule has 40 heavy (non-hydrogen) atoms. The number of fused-ring (bicyclic) bond motifs is 3. The number of carbonyl (C=O) groups excluding carboxylic acids is 4. The molecule has 2 aromatic rings.